The van der Waals surface area contributed by atoms with Gasteiger partial charge in [-0.25, -0.2) is 13.4 Å². The molecule has 30 heavy (non-hydrogen) atoms. The van der Waals surface area contributed by atoms with Gasteiger partial charge in [-0.05, 0) is 31.9 Å². The SMILES string of the molecule is CC(C=CS(C)(=O)=O)NC(=O)c1cnc(C2CCCC2)nc1Oc1cccc(N)c1. The molecule has 0 radical (unpaired) electrons. The Kier molecular flexibility index (Phi) is 6.71. The van der Waals surface area contributed by atoms with Crippen molar-refractivity contribution in [2.45, 2.75) is 44.6 Å². The number of hydrogen-bond donors (Lipinski definition) is 2. The zero-order valence-electron chi connectivity index (χ0n) is 17.0. The summed E-state index contributed by atoms with van der Waals surface area (Å²) in [7, 11) is -3.28. The van der Waals surface area contributed by atoms with Crippen molar-refractivity contribution in [1.82, 2.24) is 15.3 Å². The van der Waals surface area contributed by atoms with E-state index in [1.165, 1.54) is 12.3 Å². The molecule has 1 atom stereocenters. The van der Waals surface area contributed by atoms with Gasteiger partial charge in [-0.3, -0.25) is 4.79 Å². The summed E-state index contributed by atoms with van der Waals surface area (Å²) in [4.78, 5) is 21.8. The first-order chi connectivity index (χ1) is 14.2. The van der Waals surface area contributed by atoms with Crippen LogP contribution in [-0.4, -0.2) is 36.6 Å². The van der Waals surface area contributed by atoms with Gasteiger partial charge in [0.05, 0.1) is 0 Å². The molecule has 1 aliphatic rings. The molecular formula is C21H26N4O4S. The minimum Gasteiger partial charge on any atom is -0.438 e. The van der Waals surface area contributed by atoms with E-state index in [2.05, 4.69) is 15.3 Å². The van der Waals surface area contributed by atoms with Gasteiger partial charge in [-0.15, -0.1) is 0 Å². The number of nitrogens with zero attached hydrogens (tertiary/aromatic N) is 2. The number of ether oxygens (including phenoxy) is 1. The number of nitrogens with two attached hydrogens (primary N) is 1. The Labute approximate surface area is 176 Å². The molecule has 1 unspecified atom stereocenters. The van der Waals surface area contributed by atoms with E-state index in [4.69, 9.17) is 10.5 Å². The van der Waals surface area contributed by atoms with Crippen LogP contribution in [-0.2, 0) is 9.84 Å². The number of aromatic nitrogens is 2. The number of benzene rings is 1. The molecule has 3 rings (SSSR count). The Balaban J connectivity index is 1.87. The first-order valence-electron chi connectivity index (χ1n) is 9.81. The standard InChI is InChI=1S/C21H26N4O4S/c1-14(10-11-30(2,27)28)24-20(26)18-13-23-19(15-6-3-4-7-15)25-21(18)29-17-9-5-8-16(22)12-17/h5,8-15H,3-4,6-7,22H2,1-2H3,(H,24,26). The third-order valence-corrected chi connectivity index (χ3v) is 5.43. The first-order valence-corrected chi connectivity index (χ1v) is 11.8. The van der Waals surface area contributed by atoms with Gasteiger partial charge in [0.25, 0.3) is 5.91 Å². The molecule has 1 aliphatic carbocycles. The maximum Gasteiger partial charge on any atom is 0.258 e. The quantitative estimate of drug-likeness (QED) is 0.646. The summed E-state index contributed by atoms with van der Waals surface area (Å²) in [6.45, 7) is 1.67. The summed E-state index contributed by atoms with van der Waals surface area (Å²) in [5, 5.41) is 3.78. The second-order valence-corrected chi connectivity index (χ2v) is 9.45. The van der Waals surface area contributed by atoms with Crippen LogP contribution in [0.3, 0.4) is 0 Å². The Hall–Kier alpha value is -2.94. The smallest absolute Gasteiger partial charge is 0.258 e. The molecule has 1 fully saturated rings. The number of hydrogen-bond acceptors (Lipinski definition) is 7. The summed E-state index contributed by atoms with van der Waals surface area (Å²) in [6, 6.07) is 6.35. The van der Waals surface area contributed by atoms with E-state index in [9.17, 15) is 13.2 Å². The van der Waals surface area contributed by atoms with E-state index < -0.39 is 21.8 Å². The van der Waals surface area contributed by atoms with Gasteiger partial charge < -0.3 is 15.8 Å². The van der Waals surface area contributed by atoms with E-state index in [0.29, 0.717) is 17.3 Å². The van der Waals surface area contributed by atoms with Crippen molar-refractivity contribution in [1.29, 1.82) is 0 Å². The van der Waals surface area contributed by atoms with Gasteiger partial charge in [0.2, 0.25) is 5.88 Å². The van der Waals surface area contributed by atoms with Crippen molar-refractivity contribution >= 4 is 21.4 Å². The average Bonchev–Trinajstić information content (AvgIpc) is 3.20. The fourth-order valence-corrected chi connectivity index (χ4v) is 3.80. The molecule has 3 N–H and O–H groups in total. The summed E-state index contributed by atoms with van der Waals surface area (Å²) in [5.41, 5.74) is 6.52. The highest BCUT2D eigenvalue weighted by Gasteiger charge is 2.24. The van der Waals surface area contributed by atoms with E-state index in [-0.39, 0.29) is 17.4 Å². The monoisotopic (exact) mass is 430 g/mol. The number of nitrogens with one attached hydrogen (secondary N) is 1. The molecular weight excluding hydrogens is 404 g/mol. The van der Waals surface area contributed by atoms with Gasteiger partial charge in [0.15, 0.2) is 9.84 Å². The highest BCUT2D eigenvalue weighted by atomic mass is 32.2. The van der Waals surface area contributed by atoms with E-state index in [0.717, 1.165) is 37.3 Å². The average molecular weight is 431 g/mol. The number of amides is 1. The molecule has 0 spiro atoms. The van der Waals surface area contributed by atoms with Crippen LogP contribution in [0.15, 0.2) is 41.9 Å². The normalized spacial score (nSPS) is 15.9. The lowest BCUT2D eigenvalue weighted by Crippen LogP contribution is -2.31. The van der Waals surface area contributed by atoms with Crippen LogP contribution < -0.4 is 15.8 Å². The Morgan fingerprint density at radius 2 is 2.07 bits per heavy atom. The third kappa shape index (κ3) is 6.03. The molecule has 8 nitrogen and oxygen atoms in total. The van der Waals surface area contributed by atoms with Crippen LogP contribution in [0.2, 0.25) is 0 Å². The highest BCUT2D eigenvalue weighted by molar-refractivity contribution is 7.93. The van der Waals surface area contributed by atoms with Crippen molar-refractivity contribution in [3.05, 3.63) is 53.3 Å². The summed E-state index contributed by atoms with van der Waals surface area (Å²) in [6.07, 6.45) is 8.24. The number of anilines is 1. The third-order valence-electron chi connectivity index (χ3n) is 4.78. The fourth-order valence-electron chi connectivity index (χ4n) is 3.28. The van der Waals surface area contributed by atoms with Crippen LogP contribution in [0.4, 0.5) is 5.69 Å². The number of rotatable bonds is 7. The molecule has 2 aromatic rings. The summed E-state index contributed by atoms with van der Waals surface area (Å²) >= 11 is 0. The molecule has 0 saturated heterocycles. The molecule has 160 valence electrons. The van der Waals surface area contributed by atoms with E-state index in [1.54, 1.807) is 31.2 Å². The predicted molar refractivity (Wildman–Crippen MR) is 115 cm³/mol. The fraction of sp³-hybridized carbons (Fsp3) is 0.381. The van der Waals surface area contributed by atoms with E-state index in [1.807, 2.05) is 0 Å². The first kappa shape index (κ1) is 21.8. The second kappa shape index (κ2) is 9.25. The lowest BCUT2D eigenvalue weighted by molar-refractivity contribution is 0.0943. The van der Waals surface area contributed by atoms with Crippen LogP contribution in [0.5, 0.6) is 11.6 Å². The number of nitrogen functional groups attached to an aromatic ring is 1. The topological polar surface area (TPSA) is 124 Å². The molecule has 1 heterocycles. The van der Waals surface area contributed by atoms with Gasteiger partial charge >= 0.3 is 0 Å². The van der Waals surface area contributed by atoms with Gasteiger partial charge in [0.1, 0.15) is 17.1 Å². The van der Waals surface area contributed by atoms with Crippen molar-refractivity contribution in [3.63, 3.8) is 0 Å². The molecule has 1 aromatic heterocycles. The van der Waals surface area contributed by atoms with Gasteiger partial charge in [-0.1, -0.05) is 25.0 Å². The summed E-state index contributed by atoms with van der Waals surface area (Å²) in [5.74, 6) is 1.06. The summed E-state index contributed by atoms with van der Waals surface area (Å²) < 4.78 is 28.5. The Morgan fingerprint density at radius 3 is 2.73 bits per heavy atom. The lowest BCUT2D eigenvalue weighted by atomic mass is 10.1. The molecule has 1 saturated carbocycles. The van der Waals surface area contributed by atoms with Crippen molar-refractivity contribution in [2.75, 3.05) is 12.0 Å². The molecule has 9 heteroatoms. The van der Waals surface area contributed by atoms with Crippen molar-refractivity contribution in [2.24, 2.45) is 0 Å². The number of sulfone groups is 1. The van der Waals surface area contributed by atoms with Gasteiger partial charge in [-0.2, -0.15) is 4.98 Å². The van der Waals surface area contributed by atoms with Crippen LogP contribution in [0, 0.1) is 0 Å². The molecule has 0 aliphatic heterocycles. The Morgan fingerprint density at radius 1 is 1.33 bits per heavy atom. The molecule has 0 bridgehead atoms. The van der Waals surface area contributed by atoms with Crippen molar-refractivity contribution in [3.8, 4) is 11.6 Å². The van der Waals surface area contributed by atoms with Crippen LogP contribution >= 0.6 is 0 Å². The lowest BCUT2D eigenvalue weighted by Gasteiger charge is -2.15. The predicted octanol–water partition coefficient (Wildman–Crippen LogP) is 3.19. The maximum atomic E-state index is 12.8. The van der Waals surface area contributed by atoms with Crippen LogP contribution in [0.25, 0.3) is 0 Å². The largest absolute Gasteiger partial charge is 0.438 e. The maximum absolute atomic E-state index is 12.8. The zero-order valence-corrected chi connectivity index (χ0v) is 17.9. The Bertz CT molecular complexity index is 1050. The van der Waals surface area contributed by atoms with Gasteiger partial charge in [0, 0.05) is 41.6 Å². The number of carbonyl (C=O) groups excluding carboxylic acids is 1. The van der Waals surface area contributed by atoms with Crippen LogP contribution in [0.1, 0.15) is 54.7 Å². The zero-order chi connectivity index (χ0) is 21.7. The van der Waals surface area contributed by atoms with E-state index >= 15 is 0 Å². The highest BCUT2D eigenvalue weighted by Crippen LogP contribution is 2.34. The minimum absolute atomic E-state index is 0.147. The minimum atomic E-state index is -3.28. The molecule has 1 aromatic carbocycles. The molecule has 1 amide bonds. The number of carbonyl (C=O) groups is 1. The van der Waals surface area contributed by atoms with Crippen molar-refractivity contribution < 1.29 is 17.9 Å². The second-order valence-electron chi connectivity index (χ2n) is 7.52.